The first kappa shape index (κ1) is 23.3. The van der Waals surface area contributed by atoms with Crippen molar-refractivity contribution in [3.05, 3.63) is 52.4 Å². The average Bonchev–Trinajstić information content (AvgIpc) is 3.16. The molecule has 0 radical (unpaired) electrons. The molecule has 1 amide bonds. The number of fused-ring (bicyclic) bond motifs is 3. The summed E-state index contributed by atoms with van der Waals surface area (Å²) in [7, 11) is 1.57. The minimum atomic E-state index is -0.189. The molecule has 0 bridgehead atoms. The molecule has 0 aliphatic carbocycles. The summed E-state index contributed by atoms with van der Waals surface area (Å²) in [5.74, 6) is 0.971. The number of aromatic nitrogens is 3. The average molecular weight is 483 g/mol. The van der Waals surface area contributed by atoms with Crippen LogP contribution in [0.25, 0.3) is 20.4 Å². The number of anilines is 1. The van der Waals surface area contributed by atoms with Gasteiger partial charge in [0.05, 0.1) is 24.1 Å². The predicted molar refractivity (Wildman–Crippen MR) is 136 cm³/mol. The lowest BCUT2D eigenvalue weighted by Gasteiger charge is -2.14. The fourth-order valence-electron chi connectivity index (χ4n) is 3.47. The fourth-order valence-corrected chi connectivity index (χ4v) is 5.32. The van der Waals surface area contributed by atoms with Crippen LogP contribution >= 0.6 is 23.1 Å². The van der Waals surface area contributed by atoms with Gasteiger partial charge in [-0.2, -0.15) is 0 Å². The molecule has 7 nitrogen and oxygen atoms in total. The van der Waals surface area contributed by atoms with Crippen molar-refractivity contribution in [3.8, 4) is 5.75 Å². The first-order valence-corrected chi connectivity index (χ1v) is 12.5. The van der Waals surface area contributed by atoms with Gasteiger partial charge in [-0.05, 0) is 49.1 Å². The molecule has 0 atom stereocenters. The van der Waals surface area contributed by atoms with Gasteiger partial charge in [0.15, 0.2) is 5.16 Å². The number of carbonyl (C=O) groups is 1. The molecule has 172 valence electrons. The molecular formula is C24H26N4O3S2. The number of methoxy groups -OCH3 is 1. The lowest BCUT2D eigenvalue weighted by atomic mass is 10.1. The van der Waals surface area contributed by atoms with Gasteiger partial charge in [-0.25, -0.2) is 9.97 Å². The number of thioether (sulfide) groups is 1. The van der Waals surface area contributed by atoms with Crippen molar-refractivity contribution in [2.45, 2.75) is 38.9 Å². The van der Waals surface area contributed by atoms with Crippen LogP contribution in [-0.4, -0.2) is 33.3 Å². The molecule has 0 aliphatic rings. The molecule has 0 saturated carbocycles. The number of hydrogen-bond acceptors (Lipinski definition) is 7. The van der Waals surface area contributed by atoms with E-state index in [-0.39, 0.29) is 17.2 Å². The van der Waals surface area contributed by atoms with E-state index in [1.807, 2.05) is 37.3 Å². The van der Waals surface area contributed by atoms with Crippen LogP contribution in [0.2, 0.25) is 0 Å². The first-order chi connectivity index (χ1) is 15.9. The summed E-state index contributed by atoms with van der Waals surface area (Å²) in [5.41, 5.74) is 2.22. The SMILES string of the molecule is COc1ccc(C)cc1NC(=O)CSc1nc2c(sc3ncccc32)c(=O)n1CCC(C)C. The minimum Gasteiger partial charge on any atom is -0.495 e. The largest absolute Gasteiger partial charge is 0.495 e. The molecule has 9 heteroatoms. The van der Waals surface area contributed by atoms with E-state index in [4.69, 9.17) is 9.72 Å². The highest BCUT2D eigenvalue weighted by atomic mass is 32.2. The minimum absolute atomic E-state index is 0.0769. The highest BCUT2D eigenvalue weighted by Gasteiger charge is 2.18. The van der Waals surface area contributed by atoms with Crippen LogP contribution in [0, 0.1) is 12.8 Å². The molecule has 1 aromatic carbocycles. The Labute approximate surface area is 200 Å². The molecule has 33 heavy (non-hydrogen) atoms. The second-order valence-corrected chi connectivity index (χ2v) is 10.2. The summed E-state index contributed by atoms with van der Waals surface area (Å²) < 4.78 is 7.65. The van der Waals surface area contributed by atoms with Gasteiger partial charge in [-0.15, -0.1) is 11.3 Å². The van der Waals surface area contributed by atoms with Gasteiger partial charge in [0.2, 0.25) is 5.91 Å². The molecule has 0 unspecified atom stereocenters. The number of hydrogen-bond donors (Lipinski definition) is 1. The van der Waals surface area contributed by atoms with Gasteiger partial charge >= 0.3 is 0 Å². The molecule has 3 heterocycles. The maximum Gasteiger partial charge on any atom is 0.272 e. The van der Waals surface area contributed by atoms with Gasteiger partial charge in [0, 0.05) is 18.1 Å². The number of thiophene rings is 1. The molecule has 0 aliphatic heterocycles. The van der Waals surface area contributed by atoms with E-state index in [1.54, 1.807) is 17.9 Å². The van der Waals surface area contributed by atoms with Gasteiger partial charge in [-0.3, -0.25) is 14.2 Å². The van der Waals surface area contributed by atoms with E-state index in [0.29, 0.717) is 39.3 Å². The van der Waals surface area contributed by atoms with E-state index in [0.717, 1.165) is 22.2 Å². The maximum absolute atomic E-state index is 13.4. The maximum atomic E-state index is 13.4. The second-order valence-electron chi connectivity index (χ2n) is 8.21. The standard InChI is InChI=1S/C24H26N4O3S2/c1-14(2)9-11-28-23(30)21-20(16-6-5-10-25-22(16)33-21)27-24(28)32-13-19(29)26-17-12-15(3)7-8-18(17)31-4/h5-8,10,12,14H,9,11,13H2,1-4H3,(H,26,29). The first-order valence-electron chi connectivity index (χ1n) is 10.7. The summed E-state index contributed by atoms with van der Waals surface area (Å²) in [6, 6.07) is 9.39. The van der Waals surface area contributed by atoms with Crippen molar-refractivity contribution < 1.29 is 9.53 Å². The number of carbonyl (C=O) groups excluding carboxylic acids is 1. The number of nitrogens with one attached hydrogen (secondary N) is 1. The van der Waals surface area contributed by atoms with E-state index < -0.39 is 0 Å². The third kappa shape index (κ3) is 5.04. The van der Waals surface area contributed by atoms with Crippen LogP contribution in [0.15, 0.2) is 46.5 Å². The number of nitrogens with zero attached hydrogens (tertiary/aromatic N) is 3. The Morgan fingerprint density at radius 3 is 2.88 bits per heavy atom. The summed E-state index contributed by atoms with van der Waals surface area (Å²) in [5, 5.41) is 4.32. The summed E-state index contributed by atoms with van der Waals surface area (Å²) in [6.07, 6.45) is 2.56. The molecule has 0 saturated heterocycles. The van der Waals surface area contributed by atoms with Crippen LogP contribution in [0.3, 0.4) is 0 Å². The number of amides is 1. The fraction of sp³-hybridized carbons (Fsp3) is 0.333. The van der Waals surface area contributed by atoms with Crippen molar-refractivity contribution in [3.63, 3.8) is 0 Å². The number of aryl methyl sites for hydroxylation is 1. The van der Waals surface area contributed by atoms with Crippen molar-refractivity contribution >= 4 is 55.1 Å². The number of ether oxygens (including phenoxy) is 1. The molecule has 0 fully saturated rings. The van der Waals surface area contributed by atoms with Crippen LogP contribution in [-0.2, 0) is 11.3 Å². The smallest absolute Gasteiger partial charge is 0.272 e. The summed E-state index contributed by atoms with van der Waals surface area (Å²) >= 11 is 2.64. The van der Waals surface area contributed by atoms with Crippen molar-refractivity contribution in [2.75, 3.05) is 18.2 Å². The molecule has 0 spiro atoms. The zero-order valence-corrected chi connectivity index (χ0v) is 20.7. The van der Waals surface area contributed by atoms with Gasteiger partial charge < -0.3 is 10.1 Å². The van der Waals surface area contributed by atoms with Crippen molar-refractivity contribution in [2.24, 2.45) is 5.92 Å². The third-order valence-electron chi connectivity index (χ3n) is 5.21. The van der Waals surface area contributed by atoms with Crippen LogP contribution < -0.4 is 15.6 Å². The number of pyridine rings is 1. The Morgan fingerprint density at radius 1 is 1.30 bits per heavy atom. The quantitative estimate of drug-likeness (QED) is 0.278. The van der Waals surface area contributed by atoms with Crippen LogP contribution in [0.5, 0.6) is 5.75 Å². The highest BCUT2D eigenvalue weighted by molar-refractivity contribution is 7.99. The molecule has 3 aromatic heterocycles. The van der Waals surface area contributed by atoms with Crippen LogP contribution in [0.1, 0.15) is 25.8 Å². The molecule has 1 N–H and O–H groups in total. The Balaban J connectivity index is 1.65. The van der Waals surface area contributed by atoms with E-state index >= 15 is 0 Å². The van der Waals surface area contributed by atoms with Crippen molar-refractivity contribution in [1.29, 1.82) is 0 Å². The number of benzene rings is 1. The van der Waals surface area contributed by atoms with Crippen molar-refractivity contribution in [1.82, 2.24) is 14.5 Å². The van der Waals surface area contributed by atoms with E-state index in [2.05, 4.69) is 24.1 Å². The zero-order valence-electron chi connectivity index (χ0n) is 19.0. The monoisotopic (exact) mass is 482 g/mol. The lowest BCUT2D eigenvalue weighted by Crippen LogP contribution is -2.24. The second kappa shape index (κ2) is 9.93. The third-order valence-corrected chi connectivity index (χ3v) is 7.28. The molecular weight excluding hydrogens is 456 g/mol. The Bertz CT molecular complexity index is 1380. The summed E-state index contributed by atoms with van der Waals surface area (Å²) in [4.78, 5) is 36.1. The van der Waals surface area contributed by atoms with Gasteiger partial charge in [-0.1, -0.05) is 31.7 Å². The molecule has 4 rings (SSSR count). The van der Waals surface area contributed by atoms with Crippen LogP contribution in [0.4, 0.5) is 5.69 Å². The Hall–Kier alpha value is -2.91. The Morgan fingerprint density at radius 2 is 2.12 bits per heavy atom. The summed E-state index contributed by atoms with van der Waals surface area (Å²) in [6.45, 7) is 6.75. The topological polar surface area (TPSA) is 86.1 Å². The molecule has 4 aromatic rings. The zero-order chi connectivity index (χ0) is 23.5. The predicted octanol–water partition coefficient (Wildman–Crippen LogP) is 5.10. The van der Waals surface area contributed by atoms with E-state index in [9.17, 15) is 9.59 Å². The van der Waals surface area contributed by atoms with Gasteiger partial charge in [0.25, 0.3) is 5.56 Å². The normalized spacial score (nSPS) is 11.4. The van der Waals surface area contributed by atoms with E-state index in [1.165, 1.54) is 23.1 Å². The highest BCUT2D eigenvalue weighted by Crippen LogP contribution is 2.31. The van der Waals surface area contributed by atoms with Gasteiger partial charge in [0.1, 0.15) is 15.3 Å². The lowest BCUT2D eigenvalue weighted by molar-refractivity contribution is -0.113. The Kier molecular flexibility index (Phi) is 6.99. The number of rotatable bonds is 8.